The van der Waals surface area contributed by atoms with E-state index in [-0.39, 0.29) is 19.3 Å². The van der Waals surface area contributed by atoms with Gasteiger partial charge in [0.1, 0.15) is 0 Å². The summed E-state index contributed by atoms with van der Waals surface area (Å²) in [5.41, 5.74) is -1.05. The van der Waals surface area contributed by atoms with Gasteiger partial charge >= 0.3 is 17.9 Å². The Morgan fingerprint density at radius 1 is 0.741 bits per heavy atom. The van der Waals surface area contributed by atoms with Gasteiger partial charge < -0.3 is 29.5 Å². The maximum atomic E-state index is 11.8. The van der Waals surface area contributed by atoms with Gasteiger partial charge in [-0.25, -0.2) is 0 Å². The average molecular weight is 447 g/mol. The Bertz CT molecular complexity index is 425. The largest absolute Gasteiger partial charge is 0.439 e. The average Bonchev–Trinajstić information content (AvgIpc) is 2.56. The molecule has 0 spiro atoms. The van der Waals surface area contributed by atoms with E-state index in [9.17, 15) is 14.4 Å². The molecule has 0 heterocycles. The summed E-state index contributed by atoms with van der Waals surface area (Å²) < 4.78 is 13.6. The summed E-state index contributed by atoms with van der Waals surface area (Å²) in [4.78, 5) is 35.3. The SMILES string of the molecule is CCC(C(S)CC(=O)OCO)(C(S)CC(=O)OCO)C(S)CC(=O)OCO. The zero-order valence-electron chi connectivity index (χ0n) is 14.8. The highest BCUT2D eigenvalue weighted by Crippen LogP contribution is 2.47. The number of hydrogen-bond acceptors (Lipinski definition) is 12. The lowest BCUT2D eigenvalue weighted by molar-refractivity contribution is -0.152. The van der Waals surface area contributed by atoms with Crippen molar-refractivity contribution in [2.24, 2.45) is 5.41 Å². The van der Waals surface area contributed by atoms with Gasteiger partial charge in [-0.15, -0.1) is 0 Å². The summed E-state index contributed by atoms with van der Waals surface area (Å²) in [5.74, 6) is -2.19. The van der Waals surface area contributed by atoms with Crippen molar-refractivity contribution in [3.05, 3.63) is 0 Å². The third-order valence-corrected chi connectivity index (χ3v) is 6.22. The molecule has 12 heteroatoms. The van der Waals surface area contributed by atoms with Gasteiger partial charge in [0, 0.05) is 21.2 Å². The zero-order chi connectivity index (χ0) is 21.0. The van der Waals surface area contributed by atoms with E-state index in [4.69, 9.17) is 15.3 Å². The van der Waals surface area contributed by atoms with E-state index in [1.54, 1.807) is 6.92 Å². The maximum Gasteiger partial charge on any atom is 0.309 e. The molecule has 158 valence electrons. The fourth-order valence-electron chi connectivity index (χ4n) is 2.81. The lowest BCUT2D eigenvalue weighted by atomic mass is 9.71. The van der Waals surface area contributed by atoms with Crippen molar-refractivity contribution in [3.8, 4) is 0 Å². The Morgan fingerprint density at radius 3 is 1.19 bits per heavy atom. The molecule has 0 saturated heterocycles. The highest BCUT2D eigenvalue weighted by molar-refractivity contribution is 7.83. The maximum absolute atomic E-state index is 11.8. The Kier molecular flexibility index (Phi) is 13.2. The number of rotatable bonds is 13. The Balaban J connectivity index is 5.66. The molecular weight excluding hydrogens is 420 g/mol. The standard InChI is InChI=1S/C15H26O9S3/c1-2-15(9(25)3-12(19)22-6-16,10(26)4-13(20)23-7-17)11(27)5-14(21)24-8-18/h9-11,16-18,25-27H,2-8H2,1H3. The van der Waals surface area contributed by atoms with E-state index in [2.05, 4.69) is 52.1 Å². The first-order chi connectivity index (χ1) is 12.7. The quantitative estimate of drug-likeness (QED) is 0.0993. The molecule has 0 radical (unpaired) electrons. The van der Waals surface area contributed by atoms with Gasteiger partial charge in [0.05, 0.1) is 19.3 Å². The molecule has 0 aliphatic rings. The van der Waals surface area contributed by atoms with Crippen LogP contribution in [0, 0.1) is 5.41 Å². The second kappa shape index (κ2) is 13.5. The molecule has 0 aliphatic heterocycles. The minimum absolute atomic E-state index is 0.240. The van der Waals surface area contributed by atoms with Gasteiger partial charge in [-0.2, -0.15) is 37.9 Å². The second-order valence-corrected chi connectivity index (χ2v) is 7.43. The van der Waals surface area contributed by atoms with Crippen molar-refractivity contribution >= 4 is 55.8 Å². The summed E-state index contributed by atoms with van der Waals surface area (Å²) in [5, 5.41) is 23.9. The number of hydrogen-bond donors (Lipinski definition) is 6. The van der Waals surface area contributed by atoms with Crippen LogP contribution in [0.1, 0.15) is 32.6 Å². The summed E-state index contributed by atoms with van der Waals surface area (Å²) >= 11 is 13.4. The molecule has 3 unspecified atom stereocenters. The molecule has 0 bridgehead atoms. The second-order valence-electron chi connectivity index (χ2n) is 5.56. The Labute approximate surface area is 174 Å². The van der Waals surface area contributed by atoms with Crippen molar-refractivity contribution in [1.29, 1.82) is 0 Å². The van der Waals surface area contributed by atoms with Crippen LogP contribution in [0.5, 0.6) is 0 Å². The monoisotopic (exact) mass is 446 g/mol. The van der Waals surface area contributed by atoms with Gasteiger partial charge in [0.15, 0.2) is 20.4 Å². The van der Waals surface area contributed by atoms with Gasteiger partial charge in [0.25, 0.3) is 0 Å². The molecule has 9 nitrogen and oxygen atoms in total. The van der Waals surface area contributed by atoms with Crippen LogP contribution in [0.3, 0.4) is 0 Å². The molecule has 0 aliphatic carbocycles. The molecule has 0 aromatic heterocycles. The van der Waals surface area contributed by atoms with Crippen LogP contribution in [0.2, 0.25) is 0 Å². The van der Waals surface area contributed by atoms with Gasteiger partial charge in [-0.3, -0.25) is 14.4 Å². The van der Waals surface area contributed by atoms with Crippen LogP contribution in [-0.4, -0.2) is 69.4 Å². The van der Waals surface area contributed by atoms with E-state index in [0.29, 0.717) is 6.42 Å². The van der Waals surface area contributed by atoms with Crippen LogP contribution in [0.25, 0.3) is 0 Å². The van der Waals surface area contributed by atoms with Crippen LogP contribution >= 0.6 is 37.9 Å². The van der Waals surface area contributed by atoms with Gasteiger partial charge in [-0.1, -0.05) is 6.92 Å². The normalized spacial score (nSPS) is 16.6. The fourth-order valence-corrected chi connectivity index (χ4v) is 5.24. The molecular formula is C15H26O9S3. The lowest BCUT2D eigenvalue weighted by Gasteiger charge is -2.45. The van der Waals surface area contributed by atoms with Gasteiger partial charge in [-0.05, 0) is 6.42 Å². The summed E-state index contributed by atoms with van der Waals surface area (Å²) in [7, 11) is 0. The summed E-state index contributed by atoms with van der Waals surface area (Å²) in [6, 6.07) is 0. The highest BCUT2D eigenvalue weighted by Gasteiger charge is 2.48. The number of esters is 3. The molecule has 0 aromatic rings. The molecule has 0 aromatic carbocycles. The van der Waals surface area contributed by atoms with Crippen LogP contribution < -0.4 is 0 Å². The molecule has 3 N–H and O–H groups in total. The molecule has 0 amide bonds. The number of aliphatic hydroxyl groups excluding tert-OH is 3. The Morgan fingerprint density at radius 2 is 1.00 bits per heavy atom. The van der Waals surface area contributed by atoms with Crippen molar-refractivity contribution < 1.29 is 43.9 Å². The van der Waals surface area contributed by atoms with Gasteiger partial charge in [0.2, 0.25) is 0 Å². The molecule has 0 saturated carbocycles. The third kappa shape index (κ3) is 8.08. The fraction of sp³-hybridized carbons (Fsp3) is 0.800. The van der Waals surface area contributed by atoms with Crippen molar-refractivity contribution in [2.45, 2.75) is 48.4 Å². The highest BCUT2D eigenvalue weighted by atomic mass is 32.1. The molecule has 0 rings (SSSR count). The molecule has 3 atom stereocenters. The number of ether oxygens (including phenoxy) is 3. The zero-order valence-corrected chi connectivity index (χ0v) is 17.5. The Hall–Kier alpha value is -0.660. The van der Waals surface area contributed by atoms with Crippen molar-refractivity contribution in [1.82, 2.24) is 0 Å². The first-order valence-electron chi connectivity index (χ1n) is 8.03. The number of thiol groups is 3. The van der Waals surface area contributed by atoms with Crippen molar-refractivity contribution in [3.63, 3.8) is 0 Å². The van der Waals surface area contributed by atoms with Crippen LogP contribution in [-0.2, 0) is 28.6 Å². The van der Waals surface area contributed by atoms with Crippen molar-refractivity contribution in [2.75, 3.05) is 20.4 Å². The van der Waals surface area contributed by atoms with Crippen LogP contribution in [0.15, 0.2) is 0 Å². The van der Waals surface area contributed by atoms with E-state index in [0.717, 1.165) is 0 Å². The summed E-state index contributed by atoms with van der Waals surface area (Å²) in [6.07, 6.45) is -0.407. The first kappa shape index (κ1) is 26.3. The van der Waals surface area contributed by atoms with Crippen LogP contribution in [0.4, 0.5) is 0 Å². The number of aliphatic hydroxyl groups is 3. The number of carbonyl (C=O) groups is 3. The predicted molar refractivity (Wildman–Crippen MR) is 104 cm³/mol. The summed E-state index contributed by atoms with van der Waals surface area (Å²) in [6.45, 7) is -0.627. The van der Waals surface area contributed by atoms with E-state index >= 15 is 0 Å². The lowest BCUT2D eigenvalue weighted by Crippen LogP contribution is -2.49. The minimum atomic E-state index is -1.05. The predicted octanol–water partition coefficient (Wildman–Crippen LogP) is -0.0727. The van der Waals surface area contributed by atoms with E-state index < -0.39 is 59.5 Å². The van der Waals surface area contributed by atoms with E-state index in [1.807, 2.05) is 0 Å². The minimum Gasteiger partial charge on any atom is -0.439 e. The molecule has 27 heavy (non-hydrogen) atoms. The van der Waals surface area contributed by atoms with E-state index in [1.165, 1.54) is 0 Å². The third-order valence-electron chi connectivity index (χ3n) is 4.23. The number of carbonyl (C=O) groups excluding carboxylic acids is 3. The topological polar surface area (TPSA) is 140 Å². The first-order valence-corrected chi connectivity index (χ1v) is 9.58. The smallest absolute Gasteiger partial charge is 0.309 e. The molecule has 0 fully saturated rings.